The number of alkyl halides is 1. The molecule has 1 aromatic rings. The Morgan fingerprint density at radius 1 is 1.55 bits per heavy atom. The number of halogens is 3. The summed E-state index contributed by atoms with van der Waals surface area (Å²) in [7, 11) is 0. The number of nitrogens with zero attached hydrogens (tertiary/aromatic N) is 2. The number of aliphatic hydroxyl groups excluding tert-OH is 1. The number of aliphatic hydroxyl groups is 1. The van der Waals surface area contributed by atoms with Crippen LogP contribution in [-0.4, -0.2) is 46.2 Å². The van der Waals surface area contributed by atoms with Crippen molar-refractivity contribution in [3.63, 3.8) is 0 Å². The SMILES string of the molecule is Cl.Cl.N[C@@H](C(=O)N1CCC(F)C1)[C@@H](O)c1cccnc1. The molecule has 1 aromatic heterocycles. The normalized spacial score (nSPS) is 20.6. The molecule has 0 aromatic carbocycles. The van der Waals surface area contributed by atoms with Crippen molar-refractivity contribution in [1.29, 1.82) is 0 Å². The van der Waals surface area contributed by atoms with Gasteiger partial charge in [-0.2, -0.15) is 0 Å². The molecule has 20 heavy (non-hydrogen) atoms. The predicted molar refractivity (Wildman–Crippen MR) is 77.8 cm³/mol. The highest BCUT2D eigenvalue weighted by atomic mass is 35.5. The topological polar surface area (TPSA) is 79.5 Å². The zero-order valence-corrected chi connectivity index (χ0v) is 12.3. The molecule has 0 aliphatic carbocycles. The van der Waals surface area contributed by atoms with Gasteiger partial charge in [-0.25, -0.2) is 4.39 Å². The van der Waals surface area contributed by atoms with Gasteiger partial charge in [-0.3, -0.25) is 9.78 Å². The lowest BCUT2D eigenvalue weighted by molar-refractivity contribution is -0.134. The largest absolute Gasteiger partial charge is 0.386 e. The van der Waals surface area contributed by atoms with Crippen molar-refractivity contribution < 1.29 is 14.3 Å². The fraction of sp³-hybridized carbons (Fsp3) is 0.500. The fourth-order valence-corrected chi connectivity index (χ4v) is 2.02. The van der Waals surface area contributed by atoms with Crippen molar-refractivity contribution in [2.75, 3.05) is 13.1 Å². The van der Waals surface area contributed by atoms with E-state index in [4.69, 9.17) is 5.73 Å². The van der Waals surface area contributed by atoms with Gasteiger partial charge in [0.1, 0.15) is 18.3 Å². The summed E-state index contributed by atoms with van der Waals surface area (Å²) in [6.07, 6.45) is 1.25. The Morgan fingerprint density at radius 2 is 2.25 bits per heavy atom. The molecular formula is C12H18Cl2FN3O2. The summed E-state index contributed by atoms with van der Waals surface area (Å²) in [6, 6.07) is 2.22. The summed E-state index contributed by atoms with van der Waals surface area (Å²) < 4.78 is 13.0. The molecule has 1 aliphatic heterocycles. The van der Waals surface area contributed by atoms with Gasteiger partial charge < -0.3 is 15.7 Å². The smallest absolute Gasteiger partial charge is 0.242 e. The molecule has 1 saturated heterocycles. The molecule has 0 saturated carbocycles. The van der Waals surface area contributed by atoms with Crippen LogP contribution < -0.4 is 5.73 Å². The van der Waals surface area contributed by atoms with Gasteiger partial charge in [-0.05, 0) is 12.5 Å². The molecule has 114 valence electrons. The molecule has 0 radical (unpaired) electrons. The Balaban J connectivity index is 0.00000180. The van der Waals surface area contributed by atoms with Crippen LogP contribution in [0.5, 0.6) is 0 Å². The molecule has 2 rings (SSSR count). The van der Waals surface area contributed by atoms with Crippen molar-refractivity contribution in [3.8, 4) is 0 Å². The monoisotopic (exact) mass is 325 g/mol. The molecule has 1 amide bonds. The summed E-state index contributed by atoms with van der Waals surface area (Å²) in [5.74, 6) is -0.425. The third kappa shape index (κ3) is 4.28. The highest BCUT2D eigenvalue weighted by molar-refractivity contribution is 5.85. The second-order valence-electron chi connectivity index (χ2n) is 4.43. The van der Waals surface area contributed by atoms with E-state index >= 15 is 0 Å². The zero-order chi connectivity index (χ0) is 13.1. The van der Waals surface area contributed by atoms with Crippen LogP contribution in [0.15, 0.2) is 24.5 Å². The Morgan fingerprint density at radius 3 is 2.75 bits per heavy atom. The van der Waals surface area contributed by atoms with Gasteiger partial charge >= 0.3 is 0 Å². The number of nitrogens with two attached hydrogens (primary N) is 1. The maximum Gasteiger partial charge on any atom is 0.242 e. The first-order chi connectivity index (χ1) is 8.59. The van der Waals surface area contributed by atoms with Gasteiger partial charge in [-0.1, -0.05) is 6.07 Å². The minimum absolute atomic E-state index is 0. The van der Waals surface area contributed by atoms with Crippen LogP contribution in [0, 0.1) is 0 Å². The highest BCUT2D eigenvalue weighted by Gasteiger charge is 2.32. The number of pyridine rings is 1. The van der Waals surface area contributed by atoms with Crippen LogP contribution in [0.3, 0.4) is 0 Å². The lowest BCUT2D eigenvalue weighted by atomic mass is 10.0. The summed E-state index contributed by atoms with van der Waals surface area (Å²) in [4.78, 5) is 17.2. The van der Waals surface area contributed by atoms with E-state index < -0.39 is 24.2 Å². The van der Waals surface area contributed by atoms with E-state index in [0.29, 0.717) is 18.5 Å². The number of hydrogen-bond acceptors (Lipinski definition) is 4. The van der Waals surface area contributed by atoms with Gasteiger partial charge in [0.05, 0.1) is 6.54 Å². The van der Waals surface area contributed by atoms with Gasteiger partial charge in [-0.15, -0.1) is 24.8 Å². The van der Waals surface area contributed by atoms with Crippen molar-refractivity contribution in [3.05, 3.63) is 30.1 Å². The van der Waals surface area contributed by atoms with Crippen LogP contribution in [0.2, 0.25) is 0 Å². The maximum absolute atomic E-state index is 13.0. The lowest BCUT2D eigenvalue weighted by Gasteiger charge is -2.23. The second kappa shape index (κ2) is 8.36. The third-order valence-corrected chi connectivity index (χ3v) is 3.09. The molecule has 1 aliphatic rings. The van der Waals surface area contributed by atoms with Crippen LogP contribution in [0.4, 0.5) is 4.39 Å². The zero-order valence-electron chi connectivity index (χ0n) is 10.7. The van der Waals surface area contributed by atoms with Gasteiger partial charge in [0.2, 0.25) is 5.91 Å². The Labute approximate surface area is 129 Å². The van der Waals surface area contributed by atoms with Crippen molar-refractivity contribution >= 4 is 30.7 Å². The Kier molecular flexibility index (Phi) is 7.96. The minimum Gasteiger partial charge on any atom is -0.386 e. The Bertz CT molecular complexity index is 424. The molecule has 1 fully saturated rings. The first kappa shape index (κ1) is 19.1. The van der Waals surface area contributed by atoms with E-state index in [1.807, 2.05) is 0 Å². The number of carbonyl (C=O) groups excluding carboxylic acids is 1. The fourth-order valence-electron chi connectivity index (χ4n) is 2.02. The van der Waals surface area contributed by atoms with E-state index in [0.717, 1.165) is 0 Å². The van der Waals surface area contributed by atoms with E-state index in [1.165, 1.54) is 11.1 Å². The third-order valence-electron chi connectivity index (χ3n) is 3.09. The molecular weight excluding hydrogens is 308 g/mol. The van der Waals surface area contributed by atoms with E-state index in [1.54, 1.807) is 18.3 Å². The number of aromatic nitrogens is 1. The minimum atomic E-state index is -1.12. The lowest BCUT2D eigenvalue weighted by Crippen LogP contribution is -2.46. The molecule has 0 bridgehead atoms. The van der Waals surface area contributed by atoms with Crippen LogP contribution in [0.1, 0.15) is 18.1 Å². The number of hydrogen-bond donors (Lipinski definition) is 2. The first-order valence-electron chi connectivity index (χ1n) is 5.86. The molecule has 0 spiro atoms. The average Bonchev–Trinajstić information content (AvgIpc) is 2.84. The standard InChI is InChI=1S/C12H16FN3O2.2ClH/c13-9-3-5-16(7-9)12(18)10(14)11(17)8-2-1-4-15-6-8;;/h1-2,4,6,9-11,17H,3,5,7,14H2;2*1H/t9?,10-,11+;;/m1../s1. The first-order valence-corrected chi connectivity index (χ1v) is 5.86. The molecule has 3 atom stereocenters. The van der Waals surface area contributed by atoms with Gasteiger partial charge in [0, 0.05) is 24.5 Å². The number of carbonyl (C=O) groups is 1. The number of likely N-dealkylation sites (tertiary alicyclic amines) is 1. The summed E-state index contributed by atoms with van der Waals surface area (Å²) >= 11 is 0. The second-order valence-corrected chi connectivity index (χ2v) is 4.43. The average molecular weight is 326 g/mol. The maximum atomic E-state index is 13.0. The summed E-state index contributed by atoms with van der Waals surface area (Å²) in [5.41, 5.74) is 6.21. The van der Waals surface area contributed by atoms with Crippen molar-refractivity contribution in [2.45, 2.75) is 24.7 Å². The van der Waals surface area contributed by atoms with Crippen LogP contribution in [0.25, 0.3) is 0 Å². The van der Waals surface area contributed by atoms with Crippen LogP contribution >= 0.6 is 24.8 Å². The van der Waals surface area contributed by atoms with E-state index in [-0.39, 0.29) is 31.4 Å². The van der Waals surface area contributed by atoms with E-state index in [2.05, 4.69) is 4.98 Å². The van der Waals surface area contributed by atoms with Crippen LogP contribution in [-0.2, 0) is 4.79 Å². The molecule has 3 N–H and O–H groups in total. The predicted octanol–water partition coefficient (Wildman–Crippen LogP) is 0.856. The molecule has 5 nitrogen and oxygen atoms in total. The molecule has 8 heteroatoms. The number of amides is 1. The van der Waals surface area contributed by atoms with Crippen molar-refractivity contribution in [1.82, 2.24) is 9.88 Å². The number of rotatable bonds is 3. The highest BCUT2D eigenvalue weighted by Crippen LogP contribution is 2.19. The quantitative estimate of drug-likeness (QED) is 0.863. The summed E-state index contributed by atoms with van der Waals surface area (Å²) in [5, 5.41) is 9.98. The Hall–Kier alpha value is -0.950. The van der Waals surface area contributed by atoms with E-state index in [9.17, 15) is 14.3 Å². The van der Waals surface area contributed by atoms with Gasteiger partial charge in [0.25, 0.3) is 0 Å². The summed E-state index contributed by atoms with van der Waals surface area (Å²) in [6.45, 7) is 0.416. The van der Waals surface area contributed by atoms with Gasteiger partial charge in [0.15, 0.2) is 0 Å². The molecule has 1 unspecified atom stereocenters. The molecule has 2 heterocycles. The van der Waals surface area contributed by atoms with Crippen molar-refractivity contribution in [2.24, 2.45) is 5.73 Å².